The smallest absolute Gasteiger partial charge is 0.242 e. The maximum atomic E-state index is 12.7. The van der Waals surface area contributed by atoms with Crippen molar-refractivity contribution in [1.29, 1.82) is 0 Å². The third kappa shape index (κ3) is 4.01. The maximum Gasteiger partial charge on any atom is 0.242 e. The third-order valence-electron chi connectivity index (χ3n) is 4.98. The predicted octanol–water partition coefficient (Wildman–Crippen LogP) is 3.10. The molecule has 142 valence electrons. The van der Waals surface area contributed by atoms with Crippen molar-refractivity contribution in [3.8, 4) is 11.4 Å². The Bertz CT molecular complexity index is 974. The van der Waals surface area contributed by atoms with Crippen LogP contribution in [-0.4, -0.2) is 38.8 Å². The number of nitrogens with zero attached hydrogens (tertiary/aromatic N) is 4. The Morgan fingerprint density at radius 1 is 1.11 bits per heavy atom. The minimum atomic E-state index is 0.0802. The lowest BCUT2D eigenvalue weighted by Crippen LogP contribution is -2.39. The second-order valence-electron chi connectivity index (χ2n) is 6.85. The van der Waals surface area contributed by atoms with Gasteiger partial charge in [0, 0.05) is 42.8 Å². The number of carbonyl (C=O) groups is 1. The average Bonchev–Trinajstić information content (AvgIpc) is 2.77. The van der Waals surface area contributed by atoms with Crippen LogP contribution in [0.5, 0.6) is 0 Å². The number of amides is 1. The summed E-state index contributed by atoms with van der Waals surface area (Å²) >= 11 is 0. The molecule has 4 rings (SSSR count). The summed E-state index contributed by atoms with van der Waals surface area (Å²) in [5, 5.41) is 3.19. The van der Waals surface area contributed by atoms with Crippen LogP contribution in [-0.2, 0) is 24.2 Å². The standard InChI is InChI=1S/C22H23N5O/c1-2-19-13-20(26-22(25-19)17-7-10-23-11-8-17)24-14-21(28)27-12-9-16-5-3-4-6-18(16)15-27/h3-8,10-11,13H,2,9,12,14-15H2,1H3,(H,24,25,26). The summed E-state index contributed by atoms with van der Waals surface area (Å²) in [7, 11) is 0. The van der Waals surface area contributed by atoms with Gasteiger partial charge in [-0.05, 0) is 36.1 Å². The molecule has 0 fully saturated rings. The molecule has 0 atom stereocenters. The molecule has 0 spiro atoms. The summed E-state index contributed by atoms with van der Waals surface area (Å²) in [5.74, 6) is 1.39. The van der Waals surface area contributed by atoms with Crippen molar-refractivity contribution in [3.63, 3.8) is 0 Å². The summed E-state index contributed by atoms with van der Waals surface area (Å²) < 4.78 is 0. The lowest BCUT2D eigenvalue weighted by atomic mass is 10.00. The predicted molar refractivity (Wildman–Crippen MR) is 109 cm³/mol. The van der Waals surface area contributed by atoms with E-state index >= 15 is 0 Å². The van der Waals surface area contributed by atoms with Crippen molar-refractivity contribution in [2.24, 2.45) is 0 Å². The minimum Gasteiger partial charge on any atom is -0.361 e. The maximum absolute atomic E-state index is 12.7. The molecule has 28 heavy (non-hydrogen) atoms. The van der Waals surface area contributed by atoms with Crippen molar-refractivity contribution < 1.29 is 4.79 Å². The topological polar surface area (TPSA) is 71.0 Å². The van der Waals surface area contributed by atoms with Gasteiger partial charge < -0.3 is 10.2 Å². The first-order valence-corrected chi connectivity index (χ1v) is 9.59. The molecular weight excluding hydrogens is 350 g/mol. The van der Waals surface area contributed by atoms with E-state index < -0.39 is 0 Å². The van der Waals surface area contributed by atoms with E-state index in [1.165, 1.54) is 11.1 Å². The molecule has 1 aliphatic heterocycles. The van der Waals surface area contributed by atoms with Gasteiger partial charge in [0.1, 0.15) is 5.82 Å². The first-order chi connectivity index (χ1) is 13.7. The van der Waals surface area contributed by atoms with Gasteiger partial charge in [0.2, 0.25) is 5.91 Å². The lowest BCUT2D eigenvalue weighted by molar-refractivity contribution is -0.130. The van der Waals surface area contributed by atoms with E-state index in [0.29, 0.717) is 18.2 Å². The van der Waals surface area contributed by atoms with Crippen LogP contribution in [0.3, 0.4) is 0 Å². The Morgan fingerprint density at radius 2 is 1.89 bits per heavy atom. The van der Waals surface area contributed by atoms with E-state index in [9.17, 15) is 4.79 Å². The van der Waals surface area contributed by atoms with E-state index in [1.54, 1.807) is 12.4 Å². The fraction of sp³-hybridized carbons (Fsp3) is 0.273. The molecule has 0 saturated heterocycles. The van der Waals surface area contributed by atoms with Crippen LogP contribution in [0.2, 0.25) is 0 Å². The molecule has 0 bridgehead atoms. The molecule has 6 heteroatoms. The third-order valence-corrected chi connectivity index (χ3v) is 4.98. The van der Waals surface area contributed by atoms with Crippen LogP contribution >= 0.6 is 0 Å². The zero-order chi connectivity index (χ0) is 19.3. The fourth-order valence-corrected chi connectivity index (χ4v) is 3.39. The number of aryl methyl sites for hydroxylation is 1. The Labute approximate surface area is 164 Å². The Balaban J connectivity index is 1.45. The van der Waals surface area contributed by atoms with Crippen LogP contribution < -0.4 is 5.32 Å². The second kappa shape index (κ2) is 8.17. The van der Waals surface area contributed by atoms with Crippen LogP contribution in [0.15, 0.2) is 54.9 Å². The van der Waals surface area contributed by atoms with E-state index in [2.05, 4.69) is 45.4 Å². The molecule has 2 aromatic heterocycles. The number of fused-ring (bicyclic) bond motifs is 1. The summed E-state index contributed by atoms with van der Waals surface area (Å²) in [6, 6.07) is 14.0. The molecule has 0 unspecified atom stereocenters. The Morgan fingerprint density at radius 3 is 2.68 bits per heavy atom. The van der Waals surface area contributed by atoms with Gasteiger partial charge in [-0.1, -0.05) is 31.2 Å². The number of hydrogen-bond donors (Lipinski definition) is 1. The van der Waals surface area contributed by atoms with E-state index in [4.69, 9.17) is 0 Å². The monoisotopic (exact) mass is 373 g/mol. The highest BCUT2D eigenvalue weighted by Crippen LogP contribution is 2.20. The van der Waals surface area contributed by atoms with Crippen LogP contribution in [0.25, 0.3) is 11.4 Å². The molecule has 0 radical (unpaired) electrons. The number of nitrogens with one attached hydrogen (secondary N) is 1. The van der Waals surface area contributed by atoms with Crippen molar-refractivity contribution in [1.82, 2.24) is 19.9 Å². The molecule has 1 amide bonds. The van der Waals surface area contributed by atoms with Crippen LogP contribution in [0.1, 0.15) is 23.7 Å². The van der Waals surface area contributed by atoms with Gasteiger partial charge in [0.25, 0.3) is 0 Å². The summed E-state index contributed by atoms with van der Waals surface area (Å²) in [4.78, 5) is 27.8. The van der Waals surface area contributed by atoms with Gasteiger partial charge in [0.15, 0.2) is 5.82 Å². The van der Waals surface area contributed by atoms with Gasteiger partial charge in [-0.2, -0.15) is 0 Å². The molecule has 1 aliphatic rings. The van der Waals surface area contributed by atoms with Crippen molar-refractivity contribution in [3.05, 3.63) is 71.7 Å². The molecule has 3 heterocycles. The summed E-state index contributed by atoms with van der Waals surface area (Å²) in [6.07, 6.45) is 5.15. The van der Waals surface area contributed by atoms with Crippen molar-refractivity contribution >= 4 is 11.7 Å². The van der Waals surface area contributed by atoms with Gasteiger partial charge in [0.05, 0.1) is 6.54 Å². The molecule has 0 saturated carbocycles. The fourth-order valence-electron chi connectivity index (χ4n) is 3.39. The quantitative estimate of drug-likeness (QED) is 0.744. The van der Waals surface area contributed by atoms with Gasteiger partial charge in [-0.25, -0.2) is 9.97 Å². The lowest BCUT2D eigenvalue weighted by Gasteiger charge is -2.29. The first-order valence-electron chi connectivity index (χ1n) is 9.59. The zero-order valence-electron chi connectivity index (χ0n) is 15.9. The number of aromatic nitrogens is 3. The largest absolute Gasteiger partial charge is 0.361 e. The minimum absolute atomic E-state index is 0.0802. The normalized spacial score (nSPS) is 13.1. The summed E-state index contributed by atoms with van der Waals surface area (Å²) in [5.41, 5.74) is 4.42. The molecule has 1 N–H and O–H groups in total. The molecular formula is C22H23N5O. The highest BCUT2D eigenvalue weighted by molar-refractivity contribution is 5.81. The van der Waals surface area contributed by atoms with Crippen LogP contribution in [0, 0.1) is 0 Å². The first kappa shape index (κ1) is 18.1. The molecule has 1 aromatic carbocycles. The average molecular weight is 373 g/mol. The number of pyridine rings is 1. The van der Waals surface area contributed by atoms with Gasteiger partial charge in [-0.15, -0.1) is 0 Å². The summed E-state index contributed by atoms with van der Waals surface area (Å²) in [6.45, 7) is 3.70. The van der Waals surface area contributed by atoms with Crippen LogP contribution in [0.4, 0.5) is 5.82 Å². The second-order valence-corrected chi connectivity index (χ2v) is 6.85. The SMILES string of the molecule is CCc1cc(NCC(=O)N2CCc3ccccc3C2)nc(-c2ccncc2)n1. The Kier molecular flexibility index (Phi) is 5.28. The number of anilines is 1. The highest BCUT2D eigenvalue weighted by Gasteiger charge is 2.20. The molecule has 0 aliphatic carbocycles. The van der Waals surface area contributed by atoms with Crippen molar-refractivity contribution in [2.75, 3.05) is 18.4 Å². The zero-order valence-corrected chi connectivity index (χ0v) is 15.9. The van der Waals surface area contributed by atoms with Gasteiger partial charge in [-0.3, -0.25) is 9.78 Å². The number of rotatable bonds is 5. The van der Waals surface area contributed by atoms with Gasteiger partial charge >= 0.3 is 0 Å². The molecule has 6 nitrogen and oxygen atoms in total. The number of carbonyl (C=O) groups excluding carboxylic acids is 1. The van der Waals surface area contributed by atoms with Crippen molar-refractivity contribution in [2.45, 2.75) is 26.3 Å². The number of benzene rings is 1. The number of hydrogen-bond acceptors (Lipinski definition) is 5. The van der Waals surface area contributed by atoms with E-state index in [0.717, 1.165) is 30.6 Å². The van der Waals surface area contributed by atoms with E-state index in [1.807, 2.05) is 29.2 Å². The molecule has 3 aromatic rings. The highest BCUT2D eigenvalue weighted by atomic mass is 16.2. The Hall–Kier alpha value is -3.28. The van der Waals surface area contributed by atoms with E-state index in [-0.39, 0.29) is 12.5 Å².